The van der Waals surface area contributed by atoms with Crippen LogP contribution in [-0.4, -0.2) is 20.4 Å². The summed E-state index contributed by atoms with van der Waals surface area (Å²) >= 11 is 1.67. The van der Waals surface area contributed by atoms with Crippen LogP contribution >= 0.6 is 11.3 Å². The Labute approximate surface area is 73.7 Å². The number of nitrogens with zero attached hydrogens (tertiary/aromatic N) is 3. The van der Waals surface area contributed by atoms with E-state index in [0.717, 1.165) is 22.0 Å². The van der Waals surface area contributed by atoms with E-state index in [4.69, 9.17) is 0 Å². The van der Waals surface area contributed by atoms with Gasteiger partial charge in [0, 0.05) is 6.20 Å². The number of aryl methyl sites for hydroxylation is 1. The van der Waals surface area contributed by atoms with Crippen molar-refractivity contribution in [2.75, 3.05) is 0 Å². The summed E-state index contributed by atoms with van der Waals surface area (Å²) in [5.74, 6) is 0. The zero-order chi connectivity index (χ0) is 8.39. The Morgan fingerprint density at radius 2 is 2.42 bits per heavy atom. The summed E-state index contributed by atoms with van der Waals surface area (Å²) in [6.07, 6.45) is 4.53. The maximum absolute atomic E-state index is 4.23. The summed E-state index contributed by atoms with van der Waals surface area (Å²) in [5, 5.41) is 11.3. The third kappa shape index (κ3) is 1.23. The highest BCUT2D eigenvalue weighted by Crippen LogP contribution is 2.23. The van der Waals surface area contributed by atoms with E-state index in [1.165, 1.54) is 0 Å². The molecule has 2 heterocycles. The number of aromatic nitrogens is 4. The van der Waals surface area contributed by atoms with E-state index in [-0.39, 0.29) is 0 Å². The van der Waals surface area contributed by atoms with Crippen LogP contribution in [0.4, 0.5) is 0 Å². The molecular weight excluding hydrogens is 172 g/mol. The number of nitrogens with one attached hydrogen (secondary N) is 1. The smallest absolute Gasteiger partial charge is 0.0969 e. The van der Waals surface area contributed by atoms with Gasteiger partial charge in [-0.2, -0.15) is 0 Å². The fourth-order valence-corrected chi connectivity index (χ4v) is 1.73. The van der Waals surface area contributed by atoms with Crippen molar-refractivity contribution in [2.45, 2.75) is 13.3 Å². The van der Waals surface area contributed by atoms with Crippen molar-refractivity contribution >= 4 is 11.3 Å². The summed E-state index contributed by atoms with van der Waals surface area (Å²) in [6, 6.07) is 0. The Bertz CT molecular complexity index is 351. The molecule has 0 atom stereocenters. The van der Waals surface area contributed by atoms with E-state index < -0.39 is 0 Å². The first-order chi connectivity index (χ1) is 5.90. The number of aromatic amines is 1. The minimum Gasteiger partial charge on any atom is -0.257 e. The first-order valence-electron chi connectivity index (χ1n) is 3.71. The molecule has 4 nitrogen and oxygen atoms in total. The molecule has 0 spiro atoms. The number of thiazole rings is 1. The molecule has 0 unspecified atom stereocenters. The summed E-state index contributed by atoms with van der Waals surface area (Å²) in [4.78, 5) is 5.33. The number of H-pyrrole nitrogens is 1. The molecule has 1 N–H and O–H groups in total. The van der Waals surface area contributed by atoms with Crippen LogP contribution in [0.25, 0.3) is 10.6 Å². The van der Waals surface area contributed by atoms with E-state index in [1.807, 2.05) is 6.20 Å². The van der Waals surface area contributed by atoms with Crippen LogP contribution in [0.2, 0.25) is 0 Å². The van der Waals surface area contributed by atoms with Crippen LogP contribution in [0.5, 0.6) is 0 Å². The first kappa shape index (κ1) is 7.42. The predicted molar refractivity (Wildman–Crippen MR) is 46.9 cm³/mol. The van der Waals surface area contributed by atoms with Crippen molar-refractivity contribution in [3.8, 4) is 10.6 Å². The molecule has 0 amide bonds. The zero-order valence-electron chi connectivity index (χ0n) is 6.61. The van der Waals surface area contributed by atoms with E-state index in [0.29, 0.717) is 0 Å². The van der Waals surface area contributed by atoms with Gasteiger partial charge >= 0.3 is 0 Å². The molecule has 0 aliphatic carbocycles. The minimum absolute atomic E-state index is 0.937. The van der Waals surface area contributed by atoms with Gasteiger partial charge in [-0.3, -0.25) is 5.10 Å². The molecule has 0 saturated carbocycles. The Balaban J connectivity index is 2.35. The number of hydrogen-bond donors (Lipinski definition) is 1. The normalized spacial score (nSPS) is 10.4. The number of hydrogen-bond acceptors (Lipinski definition) is 4. The van der Waals surface area contributed by atoms with Gasteiger partial charge in [0.2, 0.25) is 0 Å². The molecule has 0 saturated heterocycles. The van der Waals surface area contributed by atoms with Gasteiger partial charge in [-0.15, -0.1) is 16.4 Å². The highest BCUT2D eigenvalue weighted by molar-refractivity contribution is 7.15. The Morgan fingerprint density at radius 1 is 1.50 bits per heavy atom. The molecule has 2 aromatic rings. The standard InChI is InChI=1S/C7H8N4S/c1-2-7-8-4-6(12-7)5-3-9-11-10-5/h3-4H,2H2,1H3,(H,9,10,11). The zero-order valence-corrected chi connectivity index (χ0v) is 7.43. The lowest BCUT2D eigenvalue weighted by molar-refractivity contribution is 0.942. The van der Waals surface area contributed by atoms with Crippen LogP contribution in [0.15, 0.2) is 12.4 Å². The van der Waals surface area contributed by atoms with Gasteiger partial charge in [-0.25, -0.2) is 4.98 Å². The number of rotatable bonds is 2. The van der Waals surface area contributed by atoms with E-state index in [1.54, 1.807) is 17.5 Å². The van der Waals surface area contributed by atoms with Gasteiger partial charge in [0.05, 0.1) is 21.8 Å². The third-order valence-electron chi connectivity index (χ3n) is 1.54. The van der Waals surface area contributed by atoms with Gasteiger partial charge in [0.25, 0.3) is 0 Å². The topological polar surface area (TPSA) is 54.5 Å². The summed E-state index contributed by atoms with van der Waals surface area (Å²) < 4.78 is 0. The van der Waals surface area contributed by atoms with E-state index in [9.17, 15) is 0 Å². The SMILES string of the molecule is CCc1ncc(-c2cnn[nH]2)s1. The Morgan fingerprint density at radius 3 is 3.00 bits per heavy atom. The average molecular weight is 180 g/mol. The summed E-state index contributed by atoms with van der Waals surface area (Å²) in [5.41, 5.74) is 0.937. The van der Waals surface area contributed by atoms with Crippen LogP contribution in [0.1, 0.15) is 11.9 Å². The predicted octanol–water partition coefficient (Wildman–Crippen LogP) is 1.49. The highest BCUT2D eigenvalue weighted by Gasteiger charge is 2.03. The molecule has 0 bridgehead atoms. The van der Waals surface area contributed by atoms with Gasteiger partial charge < -0.3 is 0 Å². The molecule has 2 aromatic heterocycles. The molecule has 62 valence electrons. The summed E-state index contributed by atoms with van der Waals surface area (Å²) in [6.45, 7) is 2.09. The largest absolute Gasteiger partial charge is 0.257 e. The molecule has 0 aromatic carbocycles. The van der Waals surface area contributed by atoms with Crippen molar-refractivity contribution in [1.29, 1.82) is 0 Å². The van der Waals surface area contributed by atoms with Crippen molar-refractivity contribution in [2.24, 2.45) is 0 Å². The molecule has 12 heavy (non-hydrogen) atoms. The van der Waals surface area contributed by atoms with Crippen LogP contribution in [0.3, 0.4) is 0 Å². The molecule has 0 aliphatic rings. The second-order valence-electron chi connectivity index (χ2n) is 2.34. The van der Waals surface area contributed by atoms with Gasteiger partial charge in [-0.05, 0) is 6.42 Å². The van der Waals surface area contributed by atoms with Gasteiger partial charge in [0.15, 0.2) is 0 Å². The lowest BCUT2D eigenvalue weighted by Crippen LogP contribution is -1.70. The van der Waals surface area contributed by atoms with Crippen molar-refractivity contribution in [1.82, 2.24) is 20.4 Å². The third-order valence-corrected chi connectivity index (χ3v) is 2.71. The van der Waals surface area contributed by atoms with Gasteiger partial charge in [-0.1, -0.05) is 12.1 Å². The quantitative estimate of drug-likeness (QED) is 0.761. The fraction of sp³-hybridized carbons (Fsp3) is 0.286. The first-order valence-corrected chi connectivity index (χ1v) is 4.53. The summed E-state index contributed by atoms with van der Waals surface area (Å²) in [7, 11) is 0. The van der Waals surface area contributed by atoms with Crippen molar-refractivity contribution in [3.05, 3.63) is 17.4 Å². The highest BCUT2D eigenvalue weighted by atomic mass is 32.1. The molecule has 0 fully saturated rings. The Kier molecular flexibility index (Phi) is 1.87. The lowest BCUT2D eigenvalue weighted by Gasteiger charge is -1.84. The lowest BCUT2D eigenvalue weighted by atomic mass is 10.4. The molecule has 0 radical (unpaired) electrons. The van der Waals surface area contributed by atoms with Crippen LogP contribution < -0.4 is 0 Å². The van der Waals surface area contributed by atoms with Crippen LogP contribution in [0, 0.1) is 0 Å². The fourth-order valence-electron chi connectivity index (χ4n) is 0.915. The molecule has 5 heteroatoms. The maximum Gasteiger partial charge on any atom is 0.0969 e. The van der Waals surface area contributed by atoms with Crippen LogP contribution in [-0.2, 0) is 6.42 Å². The second kappa shape index (κ2) is 3.02. The van der Waals surface area contributed by atoms with Gasteiger partial charge in [0.1, 0.15) is 0 Å². The van der Waals surface area contributed by atoms with E-state index in [2.05, 4.69) is 27.3 Å². The average Bonchev–Trinajstić information content (AvgIpc) is 2.75. The molecule has 2 rings (SSSR count). The van der Waals surface area contributed by atoms with Crippen molar-refractivity contribution in [3.63, 3.8) is 0 Å². The van der Waals surface area contributed by atoms with Crippen molar-refractivity contribution < 1.29 is 0 Å². The maximum atomic E-state index is 4.23. The minimum atomic E-state index is 0.937. The molecular formula is C7H8N4S. The van der Waals surface area contributed by atoms with E-state index >= 15 is 0 Å². The second-order valence-corrected chi connectivity index (χ2v) is 3.46. The monoisotopic (exact) mass is 180 g/mol. The molecule has 0 aliphatic heterocycles. The Hall–Kier alpha value is -1.23.